The first kappa shape index (κ1) is 20.4. The zero-order valence-corrected chi connectivity index (χ0v) is 17.3. The quantitative estimate of drug-likeness (QED) is 0.698. The van der Waals surface area contributed by atoms with Crippen molar-refractivity contribution >= 4 is 5.78 Å². The van der Waals surface area contributed by atoms with Crippen LogP contribution in [0, 0.1) is 5.41 Å². The highest BCUT2D eigenvalue weighted by atomic mass is 16.1. The van der Waals surface area contributed by atoms with Crippen LogP contribution in [0.15, 0.2) is 54.6 Å². The van der Waals surface area contributed by atoms with Crippen LogP contribution < -0.4 is 0 Å². The molecule has 0 heterocycles. The van der Waals surface area contributed by atoms with Crippen LogP contribution in [-0.2, 0) is 11.2 Å². The van der Waals surface area contributed by atoms with Crippen molar-refractivity contribution in [1.29, 1.82) is 0 Å². The Morgan fingerprint density at radius 1 is 0.846 bits per heavy atom. The molecule has 0 saturated carbocycles. The van der Waals surface area contributed by atoms with Crippen molar-refractivity contribution in [2.24, 2.45) is 5.41 Å². The number of likely N-dealkylation sites (N-methyl/N-ethyl adjacent to an activating group) is 1. The molecular formula is C24H33NO. The fourth-order valence-electron chi connectivity index (χ4n) is 3.06. The highest BCUT2D eigenvalue weighted by Gasteiger charge is 2.36. The summed E-state index contributed by atoms with van der Waals surface area (Å²) >= 11 is 0. The van der Waals surface area contributed by atoms with E-state index in [-0.39, 0.29) is 17.0 Å². The molecular weight excluding hydrogens is 318 g/mol. The fraction of sp³-hybridized carbons (Fsp3) is 0.458. The van der Waals surface area contributed by atoms with Gasteiger partial charge < -0.3 is 0 Å². The Labute approximate surface area is 159 Å². The second-order valence-electron chi connectivity index (χ2n) is 9.18. The van der Waals surface area contributed by atoms with Crippen LogP contribution in [0.1, 0.15) is 47.1 Å². The smallest absolute Gasteiger partial charge is 0.155 e. The molecule has 2 rings (SSSR count). The van der Waals surface area contributed by atoms with Gasteiger partial charge in [-0.25, -0.2) is 0 Å². The number of ketones is 1. The molecule has 0 aliphatic carbocycles. The molecule has 0 aliphatic heterocycles. The van der Waals surface area contributed by atoms with E-state index < -0.39 is 0 Å². The molecule has 0 spiro atoms. The molecule has 0 bridgehead atoms. The van der Waals surface area contributed by atoms with Crippen LogP contribution in [0.4, 0.5) is 0 Å². The summed E-state index contributed by atoms with van der Waals surface area (Å²) in [6, 6.07) is 18.9. The molecule has 0 radical (unpaired) electrons. The van der Waals surface area contributed by atoms with Crippen molar-refractivity contribution < 1.29 is 4.79 Å². The van der Waals surface area contributed by atoms with Gasteiger partial charge in [-0.1, -0.05) is 75.4 Å². The Hall–Kier alpha value is -1.93. The third kappa shape index (κ3) is 5.04. The van der Waals surface area contributed by atoms with Gasteiger partial charge in [-0.15, -0.1) is 0 Å². The SMILES string of the molecule is CN([C@H](Cc1ccc(-c2ccccc2)cc1)C(=O)C(C)(C)C)C(C)(C)C. The second-order valence-corrected chi connectivity index (χ2v) is 9.18. The summed E-state index contributed by atoms with van der Waals surface area (Å²) in [6.07, 6.45) is 0.735. The molecule has 0 aromatic heterocycles. The average Bonchev–Trinajstić information content (AvgIpc) is 2.58. The fourth-order valence-corrected chi connectivity index (χ4v) is 3.06. The zero-order chi connectivity index (χ0) is 19.5. The zero-order valence-electron chi connectivity index (χ0n) is 17.3. The first-order valence-corrected chi connectivity index (χ1v) is 9.42. The van der Waals surface area contributed by atoms with Gasteiger partial charge in [0.25, 0.3) is 0 Å². The Kier molecular flexibility index (Phi) is 6.08. The van der Waals surface area contributed by atoms with Gasteiger partial charge in [0.15, 0.2) is 5.78 Å². The minimum Gasteiger partial charge on any atom is -0.297 e. The maximum atomic E-state index is 13.1. The van der Waals surface area contributed by atoms with E-state index in [9.17, 15) is 4.79 Å². The Morgan fingerprint density at radius 3 is 1.81 bits per heavy atom. The van der Waals surface area contributed by atoms with Crippen LogP contribution in [0.3, 0.4) is 0 Å². The van der Waals surface area contributed by atoms with Crippen LogP contribution in [0.25, 0.3) is 11.1 Å². The molecule has 26 heavy (non-hydrogen) atoms. The first-order valence-electron chi connectivity index (χ1n) is 9.42. The summed E-state index contributed by atoms with van der Waals surface area (Å²) in [4.78, 5) is 15.3. The lowest BCUT2D eigenvalue weighted by Gasteiger charge is -2.40. The average molecular weight is 352 g/mol. The van der Waals surface area contributed by atoms with Gasteiger partial charge in [-0.2, -0.15) is 0 Å². The van der Waals surface area contributed by atoms with Crippen molar-refractivity contribution in [2.75, 3.05) is 7.05 Å². The minimum absolute atomic E-state index is 0.0600. The van der Waals surface area contributed by atoms with Gasteiger partial charge in [0.2, 0.25) is 0 Å². The van der Waals surface area contributed by atoms with Gasteiger partial charge in [-0.05, 0) is 50.9 Å². The molecule has 1 atom stereocenters. The second kappa shape index (κ2) is 7.75. The first-order chi connectivity index (χ1) is 12.0. The molecule has 2 heteroatoms. The minimum atomic E-state index is -0.353. The molecule has 0 saturated heterocycles. The molecule has 0 unspecified atom stereocenters. The Bertz CT molecular complexity index is 718. The molecule has 2 nitrogen and oxygen atoms in total. The summed E-state index contributed by atoms with van der Waals surface area (Å²) in [7, 11) is 2.06. The number of hydrogen-bond donors (Lipinski definition) is 0. The van der Waals surface area contributed by atoms with Crippen LogP contribution >= 0.6 is 0 Å². The third-order valence-corrected chi connectivity index (χ3v) is 5.06. The molecule has 0 amide bonds. The van der Waals surface area contributed by atoms with E-state index >= 15 is 0 Å². The highest BCUT2D eigenvalue weighted by Crippen LogP contribution is 2.27. The predicted molar refractivity (Wildman–Crippen MR) is 111 cm³/mol. The number of benzene rings is 2. The van der Waals surface area contributed by atoms with E-state index in [4.69, 9.17) is 0 Å². The predicted octanol–water partition coefficient (Wildman–Crippen LogP) is 5.61. The maximum Gasteiger partial charge on any atom is 0.155 e. The van der Waals surface area contributed by atoms with E-state index in [0.29, 0.717) is 5.78 Å². The summed E-state index contributed by atoms with van der Waals surface area (Å²) < 4.78 is 0. The summed E-state index contributed by atoms with van der Waals surface area (Å²) in [5.41, 5.74) is 3.21. The topological polar surface area (TPSA) is 20.3 Å². The van der Waals surface area contributed by atoms with E-state index in [1.165, 1.54) is 16.7 Å². The molecule has 0 aliphatic rings. The van der Waals surface area contributed by atoms with Crippen molar-refractivity contribution in [3.8, 4) is 11.1 Å². The van der Waals surface area contributed by atoms with Crippen molar-refractivity contribution in [1.82, 2.24) is 4.90 Å². The van der Waals surface area contributed by atoms with Crippen LogP contribution in [0.5, 0.6) is 0 Å². The standard InChI is InChI=1S/C24H33NO/c1-23(2,3)22(26)21(25(7)24(4,5)6)17-18-13-15-20(16-14-18)19-11-9-8-10-12-19/h8-16,21H,17H2,1-7H3/t21-/m1/s1. The van der Waals surface area contributed by atoms with E-state index in [0.717, 1.165) is 6.42 Å². The van der Waals surface area contributed by atoms with Crippen molar-refractivity contribution in [2.45, 2.75) is 59.5 Å². The summed E-state index contributed by atoms with van der Waals surface area (Å²) in [5, 5.41) is 0. The number of hydrogen-bond acceptors (Lipinski definition) is 2. The Morgan fingerprint density at radius 2 is 1.35 bits per heavy atom. The molecule has 2 aromatic carbocycles. The van der Waals surface area contributed by atoms with E-state index in [1.807, 2.05) is 26.8 Å². The van der Waals surface area contributed by atoms with E-state index in [1.54, 1.807) is 0 Å². The maximum absolute atomic E-state index is 13.1. The lowest BCUT2D eigenvalue weighted by Crippen LogP contribution is -2.52. The van der Waals surface area contributed by atoms with Gasteiger partial charge in [0.05, 0.1) is 6.04 Å². The van der Waals surface area contributed by atoms with E-state index in [2.05, 4.69) is 81.2 Å². The van der Waals surface area contributed by atoms with Crippen molar-refractivity contribution in [3.05, 3.63) is 60.2 Å². The van der Waals surface area contributed by atoms with Gasteiger partial charge >= 0.3 is 0 Å². The lowest BCUT2D eigenvalue weighted by atomic mass is 9.82. The number of Topliss-reactive ketones (excluding diaryl/α,β-unsaturated/α-hetero) is 1. The van der Waals surface area contributed by atoms with Crippen LogP contribution in [0.2, 0.25) is 0 Å². The van der Waals surface area contributed by atoms with Gasteiger partial charge in [-0.3, -0.25) is 9.69 Å². The molecule has 0 fully saturated rings. The number of carbonyl (C=O) groups is 1. The van der Waals surface area contributed by atoms with Gasteiger partial charge in [0, 0.05) is 11.0 Å². The van der Waals surface area contributed by atoms with Crippen LogP contribution in [-0.4, -0.2) is 29.3 Å². The van der Waals surface area contributed by atoms with Gasteiger partial charge in [0.1, 0.15) is 0 Å². The number of nitrogens with zero attached hydrogens (tertiary/aromatic N) is 1. The lowest BCUT2D eigenvalue weighted by molar-refractivity contribution is -0.133. The Balaban J connectivity index is 2.26. The third-order valence-electron chi connectivity index (χ3n) is 5.06. The normalized spacial score (nSPS) is 13.7. The molecule has 0 N–H and O–H groups in total. The summed E-state index contributed by atoms with van der Waals surface area (Å²) in [6.45, 7) is 12.5. The summed E-state index contributed by atoms with van der Waals surface area (Å²) in [5.74, 6) is 0.294. The highest BCUT2D eigenvalue weighted by molar-refractivity contribution is 5.89. The molecule has 140 valence electrons. The van der Waals surface area contributed by atoms with Crippen molar-refractivity contribution in [3.63, 3.8) is 0 Å². The number of rotatable bonds is 5. The monoisotopic (exact) mass is 351 g/mol. The number of carbonyl (C=O) groups excluding carboxylic acids is 1. The molecule has 2 aromatic rings. The largest absolute Gasteiger partial charge is 0.297 e.